The largest absolute Gasteiger partial charge is 0.460 e. The van der Waals surface area contributed by atoms with Crippen molar-refractivity contribution in [1.29, 1.82) is 4.78 Å². The second-order valence-electron chi connectivity index (χ2n) is 1.20. The molecule has 11 heavy (non-hydrogen) atoms. The van der Waals surface area contributed by atoms with Crippen LogP contribution in [0.5, 0.6) is 0 Å². The summed E-state index contributed by atoms with van der Waals surface area (Å²) >= 11 is 0. The summed E-state index contributed by atoms with van der Waals surface area (Å²) in [5.74, 6) is 0. The van der Waals surface area contributed by atoms with E-state index in [4.69, 9.17) is 4.78 Å². The Balaban J connectivity index is 0. The molecule has 0 unspecified atom stereocenters. The average Bonchev–Trinajstić information content (AvgIpc) is 1.59. The standard InChI is InChI=1S/C2HF6NS.Li/c3-1(4,5)10(9)2(6,7)8;/h9H;. The average molecular weight is 192 g/mol. The molecule has 0 fully saturated rings. The van der Waals surface area contributed by atoms with Crippen LogP contribution >= 0.6 is 0 Å². The van der Waals surface area contributed by atoms with E-state index >= 15 is 0 Å². The fraction of sp³-hybridized carbons (Fsp3) is 1.00. The minimum atomic E-state index is -5.49. The van der Waals surface area contributed by atoms with E-state index in [1.54, 1.807) is 0 Å². The van der Waals surface area contributed by atoms with Crippen molar-refractivity contribution in [2.75, 3.05) is 0 Å². The molecule has 0 aromatic heterocycles. The quantitative estimate of drug-likeness (QED) is 0.448. The summed E-state index contributed by atoms with van der Waals surface area (Å²) in [4.78, 5) is 0. The molecule has 0 rings (SSSR count). The predicted molar refractivity (Wildman–Crippen MR) is 27.9 cm³/mol. The van der Waals surface area contributed by atoms with E-state index in [0.717, 1.165) is 0 Å². The van der Waals surface area contributed by atoms with Crippen LogP contribution in [0.4, 0.5) is 26.3 Å². The van der Waals surface area contributed by atoms with Crippen LogP contribution in [-0.2, 0) is 10.7 Å². The number of halogens is 6. The molecule has 63 valence electrons. The van der Waals surface area contributed by atoms with Crippen LogP contribution in [0.15, 0.2) is 0 Å². The van der Waals surface area contributed by atoms with Crippen LogP contribution in [-0.4, -0.2) is 29.9 Å². The maximum Gasteiger partial charge on any atom is 0.460 e. The summed E-state index contributed by atoms with van der Waals surface area (Å²) in [5.41, 5.74) is -11.0. The third-order valence-corrected chi connectivity index (χ3v) is 1.39. The Morgan fingerprint density at radius 2 is 1.00 bits per heavy atom. The van der Waals surface area contributed by atoms with E-state index in [9.17, 15) is 26.3 Å². The minimum Gasteiger partial charge on any atom is -0.265 e. The topological polar surface area (TPSA) is 23.9 Å². The Morgan fingerprint density at radius 3 is 1.00 bits per heavy atom. The summed E-state index contributed by atoms with van der Waals surface area (Å²) in [6, 6.07) is 0. The summed E-state index contributed by atoms with van der Waals surface area (Å²) in [7, 11) is -4.25. The van der Waals surface area contributed by atoms with Crippen molar-refractivity contribution in [1.82, 2.24) is 0 Å². The van der Waals surface area contributed by atoms with Crippen LogP contribution in [0.3, 0.4) is 0 Å². The van der Waals surface area contributed by atoms with Gasteiger partial charge in [-0.1, -0.05) is 0 Å². The van der Waals surface area contributed by atoms with Gasteiger partial charge in [-0.2, -0.15) is 26.3 Å². The van der Waals surface area contributed by atoms with Gasteiger partial charge in [-0.25, -0.2) is 0 Å². The second-order valence-corrected chi connectivity index (χ2v) is 2.74. The summed E-state index contributed by atoms with van der Waals surface area (Å²) in [5, 5.41) is 0. The molecule has 1 radical (unpaired) electrons. The number of rotatable bonds is 0. The van der Waals surface area contributed by atoms with Gasteiger partial charge in [0.25, 0.3) is 0 Å². The van der Waals surface area contributed by atoms with Crippen molar-refractivity contribution in [2.45, 2.75) is 11.0 Å². The zero-order chi connectivity index (χ0) is 8.58. The zero-order valence-electron chi connectivity index (χ0n) is 5.18. The Bertz CT molecular complexity index is 132. The van der Waals surface area contributed by atoms with Gasteiger partial charge in [-0.15, -0.1) is 0 Å². The van der Waals surface area contributed by atoms with Gasteiger partial charge >= 0.3 is 11.0 Å². The third-order valence-electron chi connectivity index (χ3n) is 0.463. The molecule has 0 aliphatic rings. The van der Waals surface area contributed by atoms with Crippen LogP contribution in [0, 0.1) is 4.78 Å². The van der Waals surface area contributed by atoms with Crippen molar-refractivity contribution < 1.29 is 26.3 Å². The molecule has 1 nitrogen and oxygen atoms in total. The van der Waals surface area contributed by atoms with Crippen molar-refractivity contribution in [3.63, 3.8) is 0 Å². The van der Waals surface area contributed by atoms with E-state index in [1.165, 1.54) is 0 Å². The number of alkyl halides is 6. The van der Waals surface area contributed by atoms with Crippen molar-refractivity contribution >= 4 is 29.6 Å². The second kappa shape index (κ2) is 3.82. The smallest absolute Gasteiger partial charge is 0.265 e. The normalized spacial score (nSPS) is 13.0. The Hall–Kier alpha value is 0.327. The van der Waals surface area contributed by atoms with E-state index in [2.05, 4.69) is 0 Å². The molecule has 0 amide bonds. The summed E-state index contributed by atoms with van der Waals surface area (Å²) < 4.78 is 72.0. The SMILES string of the molecule is N=S(C(F)(F)F)C(F)(F)F.[Li]. The molecule has 1 N–H and O–H groups in total. The van der Waals surface area contributed by atoms with E-state index in [-0.39, 0.29) is 18.9 Å². The van der Waals surface area contributed by atoms with Gasteiger partial charge in [-0.3, -0.25) is 4.78 Å². The van der Waals surface area contributed by atoms with Crippen LogP contribution in [0.25, 0.3) is 0 Å². The van der Waals surface area contributed by atoms with Gasteiger partial charge in [0.1, 0.15) is 10.7 Å². The molecule has 0 spiro atoms. The molecule has 0 atom stereocenters. The monoisotopic (exact) mass is 192 g/mol. The first kappa shape index (κ1) is 13.9. The third kappa shape index (κ3) is 4.71. The van der Waals surface area contributed by atoms with Crippen molar-refractivity contribution in [3.8, 4) is 0 Å². The van der Waals surface area contributed by atoms with E-state index in [1.807, 2.05) is 0 Å². The maximum absolute atomic E-state index is 11.0. The molecule has 0 heterocycles. The van der Waals surface area contributed by atoms with Gasteiger partial charge in [-0.05, 0) is 0 Å². The van der Waals surface area contributed by atoms with Crippen molar-refractivity contribution in [2.24, 2.45) is 0 Å². The molecule has 0 bridgehead atoms. The Morgan fingerprint density at radius 1 is 0.818 bits per heavy atom. The van der Waals surface area contributed by atoms with Gasteiger partial charge in [0, 0.05) is 18.9 Å². The van der Waals surface area contributed by atoms with Crippen LogP contribution in [0.1, 0.15) is 0 Å². The van der Waals surface area contributed by atoms with Crippen LogP contribution in [0.2, 0.25) is 0 Å². The van der Waals surface area contributed by atoms with E-state index in [0.29, 0.717) is 0 Å². The number of nitrogens with one attached hydrogen (secondary N) is 1. The fourth-order valence-corrected chi connectivity index (χ4v) is 0.394. The molecular formula is C2HF6LiNS. The molecular weight excluding hydrogens is 191 g/mol. The molecule has 0 saturated carbocycles. The first-order chi connectivity index (χ1) is 4.15. The first-order valence-electron chi connectivity index (χ1n) is 1.75. The summed E-state index contributed by atoms with van der Waals surface area (Å²) in [6.07, 6.45) is 0. The van der Waals surface area contributed by atoms with E-state index < -0.39 is 21.7 Å². The molecule has 0 aromatic rings. The number of hydrogen-bond acceptors (Lipinski definition) is 1. The molecule has 0 aromatic carbocycles. The predicted octanol–water partition coefficient (Wildman–Crippen LogP) is 2.03. The Labute approximate surface area is 72.2 Å². The van der Waals surface area contributed by atoms with Gasteiger partial charge < -0.3 is 0 Å². The maximum atomic E-state index is 11.0. The fourth-order valence-electron chi connectivity index (χ4n) is 0.131. The van der Waals surface area contributed by atoms with Gasteiger partial charge in [0.15, 0.2) is 0 Å². The first-order valence-corrected chi connectivity index (χ1v) is 2.97. The molecule has 0 aliphatic heterocycles. The number of hydrogen-bond donors (Lipinski definition) is 1. The molecule has 0 aliphatic carbocycles. The zero-order valence-corrected chi connectivity index (χ0v) is 5.99. The Kier molecular flexibility index (Phi) is 4.83. The van der Waals surface area contributed by atoms with Gasteiger partial charge in [0.05, 0.1) is 0 Å². The molecule has 9 heteroatoms. The van der Waals surface area contributed by atoms with Gasteiger partial charge in [0.2, 0.25) is 0 Å². The van der Waals surface area contributed by atoms with Crippen LogP contribution < -0.4 is 0 Å². The molecule has 0 saturated heterocycles. The van der Waals surface area contributed by atoms with Crippen molar-refractivity contribution in [3.05, 3.63) is 0 Å². The minimum absolute atomic E-state index is 0. The summed E-state index contributed by atoms with van der Waals surface area (Å²) in [6.45, 7) is 0.